The lowest BCUT2D eigenvalue weighted by Gasteiger charge is -2.09. The van der Waals surface area contributed by atoms with Crippen LogP contribution >= 0.6 is 0 Å². The monoisotopic (exact) mass is 154 g/mol. The van der Waals surface area contributed by atoms with E-state index in [-0.39, 0.29) is 0 Å². The Morgan fingerprint density at radius 2 is 2.09 bits per heavy atom. The number of nitrogens with zero attached hydrogens (tertiary/aromatic N) is 3. The molecule has 1 heterocycles. The maximum absolute atomic E-state index is 3.73. The van der Waals surface area contributed by atoms with Crippen LogP contribution in [0.25, 0.3) is 0 Å². The lowest BCUT2D eigenvalue weighted by Crippen LogP contribution is -2.20. The molecule has 0 aromatic carbocycles. The Kier molecular flexibility index (Phi) is 3.04. The van der Waals surface area contributed by atoms with Crippen molar-refractivity contribution in [3.05, 3.63) is 12.7 Å². The molecule has 0 amide bonds. The number of hydrogen-bond acceptors (Lipinski definition) is 3. The maximum Gasteiger partial charge on any atom is 0.119 e. The second-order valence-electron chi connectivity index (χ2n) is 2.82. The molecule has 0 bridgehead atoms. The van der Waals surface area contributed by atoms with Crippen LogP contribution in [0.3, 0.4) is 0 Å². The Morgan fingerprint density at radius 1 is 1.45 bits per heavy atom. The van der Waals surface area contributed by atoms with Crippen LogP contribution in [-0.4, -0.2) is 28.4 Å². The first-order chi connectivity index (χ1) is 5.33. The third-order valence-electron chi connectivity index (χ3n) is 1.54. The van der Waals surface area contributed by atoms with Crippen LogP contribution in [0.1, 0.15) is 6.92 Å². The van der Waals surface area contributed by atoms with E-state index in [1.165, 1.54) is 0 Å². The first-order valence-corrected chi connectivity index (χ1v) is 3.80. The molecule has 0 aliphatic heterocycles. The van der Waals surface area contributed by atoms with E-state index in [4.69, 9.17) is 0 Å². The standard InChI is InChI=1S/C7H14N4/c1-7(3-8-2)4-11-5-9-10-6-11/h5-8H,3-4H2,1-2H3. The average Bonchev–Trinajstić information content (AvgIpc) is 2.40. The molecule has 0 radical (unpaired) electrons. The second kappa shape index (κ2) is 4.08. The van der Waals surface area contributed by atoms with Crippen LogP contribution < -0.4 is 5.32 Å². The van der Waals surface area contributed by atoms with E-state index in [1.54, 1.807) is 12.7 Å². The van der Waals surface area contributed by atoms with Gasteiger partial charge >= 0.3 is 0 Å². The lowest BCUT2D eigenvalue weighted by atomic mass is 10.2. The Bertz CT molecular complexity index is 182. The Hall–Kier alpha value is -0.900. The molecule has 1 aromatic rings. The van der Waals surface area contributed by atoms with E-state index in [0.717, 1.165) is 13.1 Å². The summed E-state index contributed by atoms with van der Waals surface area (Å²) >= 11 is 0. The Morgan fingerprint density at radius 3 is 2.64 bits per heavy atom. The lowest BCUT2D eigenvalue weighted by molar-refractivity contribution is 0.461. The highest BCUT2D eigenvalue weighted by Crippen LogP contribution is 1.96. The molecule has 0 fully saturated rings. The molecule has 0 aliphatic rings. The molecule has 0 spiro atoms. The molecule has 1 N–H and O–H groups in total. The fourth-order valence-corrected chi connectivity index (χ4v) is 1.09. The highest BCUT2D eigenvalue weighted by atomic mass is 15.2. The second-order valence-corrected chi connectivity index (χ2v) is 2.82. The summed E-state index contributed by atoms with van der Waals surface area (Å²) in [6, 6.07) is 0. The SMILES string of the molecule is CNCC(C)Cn1cnnc1. The third-order valence-corrected chi connectivity index (χ3v) is 1.54. The van der Waals surface area contributed by atoms with E-state index in [9.17, 15) is 0 Å². The number of rotatable bonds is 4. The van der Waals surface area contributed by atoms with Crippen LogP contribution in [0, 0.1) is 5.92 Å². The summed E-state index contributed by atoms with van der Waals surface area (Å²) in [5, 5.41) is 10.6. The Balaban J connectivity index is 2.31. The van der Waals surface area contributed by atoms with E-state index in [1.807, 2.05) is 11.6 Å². The van der Waals surface area contributed by atoms with E-state index in [0.29, 0.717) is 5.92 Å². The molecule has 62 valence electrons. The van der Waals surface area contributed by atoms with Crippen LogP contribution in [-0.2, 0) is 6.54 Å². The normalized spacial score (nSPS) is 13.3. The maximum atomic E-state index is 3.73. The van der Waals surface area contributed by atoms with Gasteiger partial charge in [-0.3, -0.25) is 0 Å². The molecule has 4 heteroatoms. The van der Waals surface area contributed by atoms with Crippen molar-refractivity contribution in [3.63, 3.8) is 0 Å². The van der Waals surface area contributed by atoms with Gasteiger partial charge in [0.1, 0.15) is 12.7 Å². The predicted octanol–water partition coefficient (Wildman–Crippen LogP) is 0.134. The minimum absolute atomic E-state index is 0.621. The van der Waals surface area contributed by atoms with E-state index < -0.39 is 0 Å². The summed E-state index contributed by atoms with van der Waals surface area (Å²) in [6.45, 7) is 4.20. The predicted molar refractivity (Wildman–Crippen MR) is 43.1 cm³/mol. The quantitative estimate of drug-likeness (QED) is 0.670. The number of aromatic nitrogens is 3. The van der Waals surface area contributed by atoms with Gasteiger partial charge in [-0.25, -0.2) is 0 Å². The van der Waals surface area contributed by atoms with Crippen molar-refractivity contribution in [1.82, 2.24) is 20.1 Å². The van der Waals surface area contributed by atoms with Gasteiger partial charge < -0.3 is 9.88 Å². The molecule has 11 heavy (non-hydrogen) atoms. The molecule has 0 saturated heterocycles. The molecule has 1 unspecified atom stereocenters. The zero-order valence-electron chi connectivity index (χ0n) is 6.99. The molecular weight excluding hydrogens is 140 g/mol. The highest BCUT2D eigenvalue weighted by Gasteiger charge is 2.00. The first kappa shape index (κ1) is 8.20. The van der Waals surface area contributed by atoms with Gasteiger partial charge in [-0.1, -0.05) is 6.92 Å². The summed E-state index contributed by atoms with van der Waals surface area (Å²) in [5.74, 6) is 0.621. The topological polar surface area (TPSA) is 42.7 Å². The minimum atomic E-state index is 0.621. The van der Waals surface area contributed by atoms with Gasteiger partial charge in [-0.2, -0.15) is 0 Å². The van der Waals surface area contributed by atoms with Crippen molar-refractivity contribution in [2.24, 2.45) is 5.92 Å². The van der Waals surface area contributed by atoms with Crippen molar-refractivity contribution < 1.29 is 0 Å². The summed E-state index contributed by atoms with van der Waals surface area (Å²) in [6.07, 6.45) is 3.48. The van der Waals surface area contributed by atoms with Crippen LogP contribution in [0.5, 0.6) is 0 Å². The van der Waals surface area contributed by atoms with Crippen molar-refractivity contribution in [3.8, 4) is 0 Å². The van der Waals surface area contributed by atoms with Gasteiger partial charge in [0.15, 0.2) is 0 Å². The number of nitrogens with one attached hydrogen (secondary N) is 1. The molecule has 0 aliphatic carbocycles. The van der Waals surface area contributed by atoms with E-state index in [2.05, 4.69) is 22.4 Å². The van der Waals surface area contributed by atoms with E-state index >= 15 is 0 Å². The summed E-state index contributed by atoms with van der Waals surface area (Å²) in [7, 11) is 1.96. The van der Waals surface area contributed by atoms with Crippen LogP contribution in [0.15, 0.2) is 12.7 Å². The van der Waals surface area contributed by atoms with Crippen molar-refractivity contribution in [2.75, 3.05) is 13.6 Å². The van der Waals surface area contributed by atoms with Gasteiger partial charge in [0, 0.05) is 6.54 Å². The third kappa shape index (κ3) is 2.67. The zero-order chi connectivity index (χ0) is 8.10. The number of hydrogen-bond donors (Lipinski definition) is 1. The molecule has 1 rings (SSSR count). The fraction of sp³-hybridized carbons (Fsp3) is 0.714. The van der Waals surface area contributed by atoms with Crippen molar-refractivity contribution in [2.45, 2.75) is 13.5 Å². The van der Waals surface area contributed by atoms with Gasteiger partial charge in [-0.15, -0.1) is 10.2 Å². The van der Waals surface area contributed by atoms with Crippen LogP contribution in [0.2, 0.25) is 0 Å². The Labute approximate surface area is 66.6 Å². The van der Waals surface area contributed by atoms with Gasteiger partial charge in [0.05, 0.1) is 0 Å². The van der Waals surface area contributed by atoms with Gasteiger partial charge in [-0.05, 0) is 19.5 Å². The summed E-state index contributed by atoms with van der Waals surface area (Å²) < 4.78 is 1.99. The van der Waals surface area contributed by atoms with Crippen molar-refractivity contribution >= 4 is 0 Å². The average molecular weight is 154 g/mol. The van der Waals surface area contributed by atoms with Crippen LogP contribution in [0.4, 0.5) is 0 Å². The van der Waals surface area contributed by atoms with Gasteiger partial charge in [0.2, 0.25) is 0 Å². The first-order valence-electron chi connectivity index (χ1n) is 3.80. The largest absolute Gasteiger partial charge is 0.320 e. The minimum Gasteiger partial charge on any atom is -0.320 e. The summed E-state index contributed by atoms with van der Waals surface area (Å²) in [4.78, 5) is 0. The molecule has 4 nitrogen and oxygen atoms in total. The molecular formula is C7H14N4. The molecule has 1 atom stereocenters. The molecule has 1 aromatic heterocycles. The zero-order valence-corrected chi connectivity index (χ0v) is 6.99. The van der Waals surface area contributed by atoms with Gasteiger partial charge in [0.25, 0.3) is 0 Å². The highest BCUT2D eigenvalue weighted by molar-refractivity contribution is 4.64. The summed E-state index contributed by atoms with van der Waals surface area (Å²) in [5.41, 5.74) is 0. The van der Waals surface area contributed by atoms with Crippen molar-refractivity contribution in [1.29, 1.82) is 0 Å². The fourth-order valence-electron chi connectivity index (χ4n) is 1.09. The molecule has 0 saturated carbocycles. The smallest absolute Gasteiger partial charge is 0.119 e.